The van der Waals surface area contributed by atoms with Gasteiger partial charge in [-0.1, -0.05) is 18.2 Å². The molecule has 4 rings (SSSR count). The smallest absolute Gasteiger partial charge is 0.166 e. The maximum Gasteiger partial charge on any atom is 0.166 e. The van der Waals surface area contributed by atoms with Crippen molar-refractivity contribution in [2.24, 2.45) is 5.92 Å². The molecular weight excluding hydrogens is 288 g/mol. The van der Waals surface area contributed by atoms with Gasteiger partial charge < -0.3 is 9.32 Å². The predicted molar refractivity (Wildman–Crippen MR) is 89.9 cm³/mol. The normalized spacial score (nSPS) is 22.2. The van der Waals surface area contributed by atoms with Gasteiger partial charge in [-0.15, -0.1) is 0 Å². The van der Waals surface area contributed by atoms with Crippen molar-refractivity contribution in [2.45, 2.75) is 12.8 Å². The fraction of sp³-hybridized carbons (Fsp3) is 0.421. The van der Waals surface area contributed by atoms with Crippen LogP contribution in [0.25, 0.3) is 0 Å². The average molecular weight is 310 g/mol. The molecule has 2 aromatic rings. The lowest BCUT2D eigenvalue weighted by Crippen LogP contribution is -2.48. The monoisotopic (exact) mass is 310 g/mol. The molecule has 2 heterocycles. The molecule has 0 N–H and O–H groups in total. The Kier molecular flexibility index (Phi) is 3.92. The summed E-state index contributed by atoms with van der Waals surface area (Å²) in [5.41, 5.74) is 2.11. The Labute approximate surface area is 136 Å². The minimum Gasteiger partial charge on any atom is -0.469 e. The summed E-state index contributed by atoms with van der Waals surface area (Å²) in [7, 11) is 0. The van der Waals surface area contributed by atoms with E-state index in [2.05, 4.69) is 40.1 Å². The third-order valence-electron chi connectivity index (χ3n) is 5.00. The first-order valence-corrected chi connectivity index (χ1v) is 8.41. The zero-order valence-corrected chi connectivity index (χ0v) is 13.3. The molecular formula is C19H22N2O2. The fourth-order valence-corrected chi connectivity index (χ4v) is 3.78. The summed E-state index contributed by atoms with van der Waals surface area (Å²) in [6.07, 6.45) is 3.20. The Morgan fingerprint density at radius 2 is 1.78 bits per heavy atom. The van der Waals surface area contributed by atoms with Gasteiger partial charge in [0, 0.05) is 51.3 Å². The molecule has 4 nitrogen and oxygen atoms in total. The van der Waals surface area contributed by atoms with Crippen LogP contribution in [0.1, 0.15) is 22.5 Å². The molecule has 0 bridgehead atoms. The van der Waals surface area contributed by atoms with E-state index in [9.17, 15) is 4.79 Å². The lowest BCUT2D eigenvalue weighted by atomic mass is 9.87. The zero-order valence-electron chi connectivity index (χ0n) is 13.3. The first-order valence-electron chi connectivity index (χ1n) is 8.41. The number of hydrogen-bond acceptors (Lipinski definition) is 4. The van der Waals surface area contributed by atoms with Crippen molar-refractivity contribution in [1.82, 2.24) is 4.90 Å². The van der Waals surface area contributed by atoms with Crippen LogP contribution in [0.3, 0.4) is 0 Å². The van der Waals surface area contributed by atoms with Crippen molar-refractivity contribution in [3.05, 3.63) is 54.0 Å². The number of nitrogens with zero attached hydrogens (tertiary/aromatic N) is 2. The molecule has 0 amide bonds. The van der Waals surface area contributed by atoms with E-state index < -0.39 is 0 Å². The van der Waals surface area contributed by atoms with Crippen LogP contribution in [0.4, 0.5) is 5.69 Å². The van der Waals surface area contributed by atoms with Gasteiger partial charge in [-0.25, -0.2) is 0 Å². The second-order valence-electron chi connectivity index (χ2n) is 6.58. The first-order chi connectivity index (χ1) is 11.3. The SMILES string of the molecule is O=C1CC(CN2CCN(c3ccccc3)CC2)Cc2occc21. The van der Waals surface area contributed by atoms with E-state index in [0.717, 1.165) is 50.5 Å². The minimum atomic E-state index is 0.243. The standard InChI is InChI=1S/C19H22N2O2/c22-18-12-15(13-19-17(18)6-11-23-19)14-20-7-9-21(10-8-20)16-4-2-1-3-5-16/h1-6,11,15H,7-10,12-14H2. The summed E-state index contributed by atoms with van der Waals surface area (Å²) >= 11 is 0. The Morgan fingerprint density at radius 3 is 2.57 bits per heavy atom. The van der Waals surface area contributed by atoms with Gasteiger partial charge >= 0.3 is 0 Å². The largest absolute Gasteiger partial charge is 0.469 e. The van der Waals surface area contributed by atoms with Gasteiger partial charge in [0.15, 0.2) is 5.78 Å². The Morgan fingerprint density at radius 1 is 1.00 bits per heavy atom. The molecule has 0 saturated carbocycles. The maximum atomic E-state index is 12.1. The van der Waals surface area contributed by atoms with E-state index >= 15 is 0 Å². The number of piperazine rings is 1. The molecule has 1 aromatic heterocycles. The lowest BCUT2D eigenvalue weighted by Gasteiger charge is -2.38. The number of ketones is 1. The minimum absolute atomic E-state index is 0.243. The van der Waals surface area contributed by atoms with Gasteiger partial charge in [0.2, 0.25) is 0 Å². The highest BCUT2D eigenvalue weighted by Gasteiger charge is 2.29. The van der Waals surface area contributed by atoms with Crippen molar-refractivity contribution in [1.29, 1.82) is 0 Å². The number of fused-ring (bicyclic) bond motifs is 1. The number of Topliss-reactive ketones (excluding diaryl/α,β-unsaturated/α-hetero) is 1. The van der Waals surface area contributed by atoms with Crippen LogP contribution in [-0.4, -0.2) is 43.4 Å². The van der Waals surface area contributed by atoms with Crippen LogP contribution in [0.2, 0.25) is 0 Å². The predicted octanol–water partition coefficient (Wildman–Crippen LogP) is 2.85. The molecule has 1 aliphatic heterocycles. The number of anilines is 1. The van der Waals surface area contributed by atoms with E-state index in [-0.39, 0.29) is 5.78 Å². The van der Waals surface area contributed by atoms with Crippen LogP contribution in [0, 0.1) is 5.92 Å². The van der Waals surface area contributed by atoms with Crippen LogP contribution >= 0.6 is 0 Å². The summed E-state index contributed by atoms with van der Waals surface area (Å²) in [4.78, 5) is 17.1. The summed E-state index contributed by atoms with van der Waals surface area (Å²) < 4.78 is 5.47. The summed E-state index contributed by atoms with van der Waals surface area (Å²) in [6, 6.07) is 12.4. The molecule has 23 heavy (non-hydrogen) atoms. The molecule has 0 radical (unpaired) electrons. The van der Waals surface area contributed by atoms with Crippen LogP contribution in [0.15, 0.2) is 47.1 Å². The van der Waals surface area contributed by atoms with Crippen LogP contribution < -0.4 is 4.90 Å². The first kappa shape index (κ1) is 14.5. The fourth-order valence-electron chi connectivity index (χ4n) is 3.78. The Hall–Kier alpha value is -2.07. The molecule has 120 valence electrons. The molecule has 1 aliphatic carbocycles. The highest BCUT2D eigenvalue weighted by atomic mass is 16.3. The average Bonchev–Trinajstić information content (AvgIpc) is 3.05. The van der Waals surface area contributed by atoms with E-state index in [0.29, 0.717) is 12.3 Å². The third kappa shape index (κ3) is 3.04. The van der Waals surface area contributed by atoms with Crippen molar-refractivity contribution < 1.29 is 9.21 Å². The molecule has 2 aliphatic rings. The summed E-state index contributed by atoms with van der Waals surface area (Å²) in [6.45, 7) is 5.22. The third-order valence-corrected chi connectivity index (χ3v) is 5.00. The van der Waals surface area contributed by atoms with E-state index in [1.165, 1.54) is 5.69 Å². The van der Waals surface area contributed by atoms with E-state index in [4.69, 9.17) is 4.42 Å². The number of benzene rings is 1. The van der Waals surface area contributed by atoms with Gasteiger partial charge in [-0.2, -0.15) is 0 Å². The maximum absolute atomic E-state index is 12.1. The van der Waals surface area contributed by atoms with Gasteiger partial charge in [0.05, 0.1) is 11.8 Å². The molecule has 1 saturated heterocycles. The number of rotatable bonds is 3. The quantitative estimate of drug-likeness (QED) is 0.873. The van der Waals surface area contributed by atoms with Crippen LogP contribution in [-0.2, 0) is 6.42 Å². The number of carbonyl (C=O) groups is 1. The molecule has 1 aromatic carbocycles. The summed E-state index contributed by atoms with van der Waals surface area (Å²) in [5, 5.41) is 0. The van der Waals surface area contributed by atoms with Crippen LogP contribution in [0.5, 0.6) is 0 Å². The lowest BCUT2D eigenvalue weighted by molar-refractivity contribution is 0.0922. The van der Waals surface area contributed by atoms with E-state index in [1.54, 1.807) is 6.26 Å². The molecule has 1 fully saturated rings. The van der Waals surface area contributed by atoms with E-state index in [1.807, 2.05) is 6.07 Å². The topological polar surface area (TPSA) is 36.7 Å². The summed E-state index contributed by atoms with van der Waals surface area (Å²) in [5.74, 6) is 1.52. The Bertz CT molecular complexity index is 672. The second kappa shape index (κ2) is 6.20. The van der Waals surface area contributed by atoms with Gasteiger partial charge in [-0.05, 0) is 24.1 Å². The number of furan rings is 1. The number of para-hydroxylation sites is 1. The molecule has 1 atom stereocenters. The second-order valence-corrected chi connectivity index (χ2v) is 6.58. The highest BCUT2D eigenvalue weighted by molar-refractivity contribution is 5.98. The van der Waals surface area contributed by atoms with Gasteiger partial charge in [0.1, 0.15) is 5.76 Å². The molecule has 1 unspecified atom stereocenters. The van der Waals surface area contributed by atoms with Crippen molar-refractivity contribution in [3.63, 3.8) is 0 Å². The number of carbonyl (C=O) groups excluding carboxylic acids is 1. The highest BCUT2D eigenvalue weighted by Crippen LogP contribution is 2.27. The van der Waals surface area contributed by atoms with Crippen molar-refractivity contribution >= 4 is 11.5 Å². The molecule has 0 spiro atoms. The molecule has 4 heteroatoms. The Balaban J connectivity index is 1.33. The zero-order chi connectivity index (χ0) is 15.6. The van der Waals surface area contributed by atoms with Crippen molar-refractivity contribution in [2.75, 3.05) is 37.6 Å². The van der Waals surface area contributed by atoms with Gasteiger partial charge in [-0.3, -0.25) is 9.69 Å². The number of hydrogen-bond donors (Lipinski definition) is 0. The van der Waals surface area contributed by atoms with Gasteiger partial charge in [0.25, 0.3) is 0 Å². The van der Waals surface area contributed by atoms with Crippen molar-refractivity contribution in [3.8, 4) is 0 Å².